The molecule has 1 aliphatic heterocycles. The third kappa shape index (κ3) is 6.88. The first-order valence-electron chi connectivity index (χ1n) is 8.56. The number of amides is 2. The highest BCUT2D eigenvalue weighted by molar-refractivity contribution is 7.98. The third-order valence-electron chi connectivity index (χ3n) is 4.26. The zero-order valence-electron chi connectivity index (χ0n) is 14.7. The zero-order valence-corrected chi connectivity index (χ0v) is 16.3. The van der Waals surface area contributed by atoms with Crippen LogP contribution in [0.15, 0.2) is 24.3 Å². The van der Waals surface area contributed by atoms with E-state index in [9.17, 15) is 9.59 Å². The summed E-state index contributed by atoms with van der Waals surface area (Å²) in [7, 11) is 0. The number of nitrogens with one attached hydrogen (secondary N) is 1. The normalized spacial score (nSPS) is 15.7. The molecule has 1 aromatic carbocycles. The quantitative estimate of drug-likeness (QED) is 0.788. The fourth-order valence-corrected chi connectivity index (χ4v) is 3.25. The lowest BCUT2D eigenvalue weighted by Gasteiger charge is -2.20. The predicted octanol–water partition coefficient (Wildman–Crippen LogP) is 3.14. The second-order valence-electron chi connectivity index (χ2n) is 6.16. The SMILES string of the molecule is CSCC[C@H](N)C(=O)Nc1ccc(C(=O)N2CCCCCC2)cc1.Cl. The van der Waals surface area contributed by atoms with Gasteiger partial charge in [-0.15, -0.1) is 12.4 Å². The molecule has 1 heterocycles. The van der Waals surface area contributed by atoms with Crippen LogP contribution in [0.4, 0.5) is 5.69 Å². The second kappa shape index (κ2) is 11.4. The van der Waals surface area contributed by atoms with Crippen LogP contribution in [-0.2, 0) is 4.79 Å². The van der Waals surface area contributed by atoms with Crippen molar-refractivity contribution in [3.05, 3.63) is 29.8 Å². The Hall–Kier alpha value is -1.24. The van der Waals surface area contributed by atoms with Crippen LogP contribution in [0.1, 0.15) is 42.5 Å². The molecule has 2 amide bonds. The first-order chi connectivity index (χ1) is 11.6. The summed E-state index contributed by atoms with van der Waals surface area (Å²) in [4.78, 5) is 26.5. The summed E-state index contributed by atoms with van der Waals surface area (Å²) in [6.45, 7) is 1.67. The Morgan fingerprint density at radius 1 is 1.16 bits per heavy atom. The van der Waals surface area contributed by atoms with Crippen LogP contribution in [0, 0.1) is 0 Å². The van der Waals surface area contributed by atoms with Crippen molar-refractivity contribution in [1.29, 1.82) is 0 Å². The molecule has 1 atom stereocenters. The van der Waals surface area contributed by atoms with E-state index in [1.165, 1.54) is 12.8 Å². The second-order valence-corrected chi connectivity index (χ2v) is 7.15. The zero-order chi connectivity index (χ0) is 17.4. The maximum atomic E-state index is 12.5. The molecule has 1 aromatic rings. The smallest absolute Gasteiger partial charge is 0.253 e. The molecule has 1 fully saturated rings. The maximum absolute atomic E-state index is 12.5. The molecule has 0 unspecified atom stereocenters. The van der Waals surface area contributed by atoms with Gasteiger partial charge >= 0.3 is 0 Å². The number of hydrogen-bond acceptors (Lipinski definition) is 4. The van der Waals surface area contributed by atoms with E-state index >= 15 is 0 Å². The number of nitrogens with zero attached hydrogens (tertiary/aromatic N) is 1. The molecule has 0 radical (unpaired) electrons. The van der Waals surface area contributed by atoms with Gasteiger partial charge in [0.1, 0.15) is 0 Å². The standard InChI is InChI=1S/C18H27N3O2S.ClH/c1-24-13-10-16(19)17(22)20-15-8-6-14(7-9-15)18(23)21-11-4-2-3-5-12-21;/h6-9,16H,2-5,10-13,19H2,1H3,(H,20,22);1H/t16-;/m0./s1. The van der Waals surface area contributed by atoms with Crippen molar-refractivity contribution in [2.24, 2.45) is 5.73 Å². The van der Waals surface area contributed by atoms with Gasteiger partial charge in [0.25, 0.3) is 5.91 Å². The molecule has 1 saturated heterocycles. The molecule has 0 spiro atoms. The maximum Gasteiger partial charge on any atom is 0.253 e. The van der Waals surface area contributed by atoms with Gasteiger partial charge < -0.3 is 16.0 Å². The topological polar surface area (TPSA) is 75.4 Å². The summed E-state index contributed by atoms with van der Waals surface area (Å²) in [6.07, 6.45) is 7.20. The minimum atomic E-state index is -0.504. The van der Waals surface area contributed by atoms with Crippen molar-refractivity contribution in [3.63, 3.8) is 0 Å². The highest BCUT2D eigenvalue weighted by Gasteiger charge is 2.17. The number of hydrogen-bond donors (Lipinski definition) is 2. The summed E-state index contributed by atoms with van der Waals surface area (Å²) >= 11 is 1.67. The Balaban J connectivity index is 0.00000312. The summed E-state index contributed by atoms with van der Waals surface area (Å²) in [5.74, 6) is 0.750. The van der Waals surface area contributed by atoms with Gasteiger partial charge in [0.15, 0.2) is 0 Å². The number of nitrogens with two attached hydrogens (primary N) is 1. The number of rotatable bonds is 6. The lowest BCUT2D eigenvalue weighted by Crippen LogP contribution is -2.36. The van der Waals surface area contributed by atoms with Gasteiger partial charge in [-0.3, -0.25) is 9.59 Å². The highest BCUT2D eigenvalue weighted by Crippen LogP contribution is 2.16. The van der Waals surface area contributed by atoms with Crippen molar-refractivity contribution in [1.82, 2.24) is 4.90 Å². The summed E-state index contributed by atoms with van der Waals surface area (Å²) in [5, 5.41) is 2.81. The van der Waals surface area contributed by atoms with E-state index in [-0.39, 0.29) is 24.2 Å². The molecular formula is C18H28ClN3O2S. The van der Waals surface area contributed by atoms with E-state index in [1.807, 2.05) is 11.2 Å². The number of thioether (sulfide) groups is 1. The van der Waals surface area contributed by atoms with Crippen LogP contribution >= 0.6 is 24.2 Å². The van der Waals surface area contributed by atoms with Gasteiger partial charge in [-0.05, 0) is 55.5 Å². The average Bonchev–Trinajstić information content (AvgIpc) is 2.89. The third-order valence-corrected chi connectivity index (χ3v) is 4.91. The van der Waals surface area contributed by atoms with Crippen LogP contribution in [0.3, 0.4) is 0 Å². The van der Waals surface area contributed by atoms with E-state index in [0.29, 0.717) is 17.7 Å². The number of benzene rings is 1. The number of halogens is 1. The van der Waals surface area contributed by atoms with E-state index in [4.69, 9.17) is 5.73 Å². The molecule has 3 N–H and O–H groups in total. The van der Waals surface area contributed by atoms with Gasteiger partial charge in [0.05, 0.1) is 6.04 Å². The Morgan fingerprint density at radius 3 is 2.32 bits per heavy atom. The van der Waals surface area contributed by atoms with E-state index in [1.54, 1.807) is 36.0 Å². The molecule has 140 valence electrons. The predicted molar refractivity (Wildman–Crippen MR) is 108 cm³/mol. The van der Waals surface area contributed by atoms with Crippen molar-refractivity contribution in [3.8, 4) is 0 Å². The van der Waals surface area contributed by atoms with E-state index in [2.05, 4.69) is 5.32 Å². The molecule has 25 heavy (non-hydrogen) atoms. The number of anilines is 1. The molecule has 5 nitrogen and oxygen atoms in total. The fourth-order valence-electron chi connectivity index (χ4n) is 2.76. The molecule has 0 aromatic heterocycles. The Bertz CT molecular complexity index is 546. The molecule has 0 saturated carbocycles. The van der Waals surface area contributed by atoms with Crippen molar-refractivity contribution in [2.45, 2.75) is 38.1 Å². The molecule has 2 rings (SSSR count). The van der Waals surface area contributed by atoms with Crippen molar-refractivity contribution >= 4 is 41.7 Å². The Morgan fingerprint density at radius 2 is 1.76 bits per heavy atom. The minimum Gasteiger partial charge on any atom is -0.339 e. The Kier molecular flexibility index (Phi) is 9.93. The number of likely N-dealkylation sites (tertiary alicyclic amines) is 1. The van der Waals surface area contributed by atoms with Gasteiger partial charge in [0, 0.05) is 24.3 Å². The van der Waals surface area contributed by atoms with Crippen molar-refractivity contribution < 1.29 is 9.59 Å². The van der Waals surface area contributed by atoms with Gasteiger partial charge in [-0.2, -0.15) is 11.8 Å². The van der Waals surface area contributed by atoms with Crippen LogP contribution < -0.4 is 11.1 Å². The lowest BCUT2D eigenvalue weighted by molar-refractivity contribution is -0.117. The largest absolute Gasteiger partial charge is 0.339 e. The van der Waals surface area contributed by atoms with Gasteiger partial charge in [0.2, 0.25) is 5.91 Å². The first-order valence-corrected chi connectivity index (χ1v) is 9.96. The molecule has 0 aliphatic carbocycles. The monoisotopic (exact) mass is 385 g/mol. The van der Waals surface area contributed by atoms with Crippen molar-refractivity contribution in [2.75, 3.05) is 30.4 Å². The summed E-state index contributed by atoms with van der Waals surface area (Å²) in [5.41, 5.74) is 7.20. The van der Waals surface area contributed by atoms with Crippen LogP contribution in [0.2, 0.25) is 0 Å². The fraction of sp³-hybridized carbons (Fsp3) is 0.556. The van der Waals surface area contributed by atoms with Crippen LogP contribution in [0.5, 0.6) is 0 Å². The number of carbonyl (C=O) groups is 2. The average molecular weight is 386 g/mol. The summed E-state index contributed by atoms with van der Waals surface area (Å²) in [6, 6.07) is 6.58. The Labute approximate surface area is 160 Å². The molecule has 7 heteroatoms. The van der Waals surface area contributed by atoms with Crippen LogP contribution in [-0.4, -0.2) is 47.9 Å². The van der Waals surface area contributed by atoms with E-state index in [0.717, 1.165) is 31.7 Å². The summed E-state index contributed by atoms with van der Waals surface area (Å²) < 4.78 is 0. The van der Waals surface area contributed by atoms with E-state index < -0.39 is 6.04 Å². The highest BCUT2D eigenvalue weighted by atomic mass is 35.5. The van der Waals surface area contributed by atoms with Crippen LogP contribution in [0.25, 0.3) is 0 Å². The number of carbonyl (C=O) groups excluding carboxylic acids is 2. The lowest BCUT2D eigenvalue weighted by atomic mass is 10.1. The van der Waals surface area contributed by atoms with Gasteiger partial charge in [-0.25, -0.2) is 0 Å². The minimum absolute atomic E-state index is 0. The molecule has 0 bridgehead atoms. The molecule has 1 aliphatic rings. The van der Waals surface area contributed by atoms with Gasteiger partial charge in [-0.1, -0.05) is 12.8 Å². The molecular weight excluding hydrogens is 358 g/mol. The first kappa shape index (κ1) is 21.8.